The van der Waals surface area contributed by atoms with Gasteiger partial charge in [0.1, 0.15) is 5.75 Å². The lowest BCUT2D eigenvalue weighted by Crippen LogP contribution is -2.18. The van der Waals surface area contributed by atoms with Gasteiger partial charge in [-0.15, -0.1) is 0 Å². The predicted molar refractivity (Wildman–Crippen MR) is 94.0 cm³/mol. The summed E-state index contributed by atoms with van der Waals surface area (Å²) in [6.07, 6.45) is 13.4. The summed E-state index contributed by atoms with van der Waals surface area (Å²) in [7, 11) is 0. The van der Waals surface area contributed by atoms with Crippen molar-refractivity contribution in [1.82, 2.24) is 0 Å². The van der Waals surface area contributed by atoms with Crippen LogP contribution >= 0.6 is 0 Å². The number of benzene rings is 1. The molecular formula is C21H28O. The first-order chi connectivity index (χ1) is 10.7. The van der Waals surface area contributed by atoms with Gasteiger partial charge < -0.3 is 4.74 Å². The standard InChI is InChI=1S/C21H28O/c1-16-3-7-18(8-4-16)15-22-21-13-11-20(12-14-21)19-9-5-17(2)6-10-19/h5,9-14,16-18H,3-4,6-8,15H2,1-2H3. The molecule has 1 nitrogen and oxygen atoms in total. The molecular weight excluding hydrogens is 268 g/mol. The van der Waals surface area contributed by atoms with Crippen molar-refractivity contribution < 1.29 is 4.74 Å². The van der Waals surface area contributed by atoms with E-state index in [1.54, 1.807) is 0 Å². The number of ether oxygens (including phenoxy) is 1. The maximum absolute atomic E-state index is 6.00. The summed E-state index contributed by atoms with van der Waals surface area (Å²) in [5, 5.41) is 0. The van der Waals surface area contributed by atoms with Gasteiger partial charge in [-0.25, -0.2) is 0 Å². The summed E-state index contributed by atoms with van der Waals surface area (Å²) in [6, 6.07) is 8.61. The van der Waals surface area contributed by atoms with E-state index in [0.29, 0.717) is 5.92 Å². The SMILES string of the molecule is CC1C=CC(c2ccc(OCC3CCC(C)CC3)cc2)=CC1. The molecule has 1 aromatic rings. The third-order valence-corrected chi connectivity index (χ3v) is 5.12. The molecule has 0 N–H and O–H groups in total. The molecule has 1 atom stereocenters. The molecule has 0 amide bonds. The maximum Gasteiger partial charge on any atom is 0.119 e. The zero-order chi connectivity index (χ0) is 15.4. The minimum absolute atomic E-state index is 0.671. The lowest BCUT2D eigenvalue weighted by molar-refractivity contribution is 0.188. The minimum Gasteiger partial charge on any atom is -0.493 e. The Morgan fingerprint density at radius 1 is 1.00 bits per heavy atom. The molecule has 118 valence electrons. The monoisotopic (exact) mass is 296 g/mol. The zero-order valence-corrected chi connectivity index (χ0v) is 13.9. The lowest BCUT2D eigenvalue weighted by atomic mass is 9.83. The Hall–Kier alpha value is -1.50. The van der Waals surface area contributed by atoms with Crippen molar-refractivity contribution in [2.75, 3.05) is 6.61 Å². The summed E-state index contributed by atoms with van der Waals surface area (Å²) in [5.74, 6) is 3.34. The molecule has 0 aliphatic heterocycles. The van der Waals surface area contributed by atoms with Crippen LogP contribution in [0.25, 0.3) is 5.57 Å². The van der Waals surface area contributed by atoms with Gasteiger partial charge in [0, 0.05) is 0 Å². The van der Waals surface area contributed by atoms with Crippen LogP contribution in [-0.2, 0) is 0 Å². The summed E-state index contributed by atoms with van der Waals surface area (Å²) in [6.45, 7) is 5.50. The number of rotatable bonds is 4. The van der Waals surface area contributed by atoms with Crippen LogP contribution in [0.2, 0.25) is 0 Å². The minimum atomic E-state index is 0.671. The molecule has 0 spiro atoms. The van der Waals surface area contributed by atoms with Crippen molar-refractivity contribution in [3.63, 3.8) is 0 Å². The fraction of sp³-hybridized carbons (Fsp3) is 0.524. The van der Waals surface area contributed by atoms with Crippen LogP contribution < -0.4 is 4.74 Å². The average Bonchev–Trinajstić information content (AvgIpc) is 2.56. The Balaban J connectivity index is 1.52. The molecule has 22 heavy (non-hydrogen) atoms. The summed E-state index contributed by atoms with van der Waals surface area (Å²) >= 11 is 0. The summed E-state index contributed by atoms with van der Waals surface area (Å²) < 4.78 is 6.00. The molecule has 2 aliphatic rings. The highest BCUT2D eigenvalue weighted by Crippen LogP contribution is 2.29. The van der Waals surface area contributed by atoms with Crippen LogP contribution in [0.5, 0.6) is 5.75 Å². The van der Waals surface area contributed by atoms with Gasteiger partial charge in [-0.3, -0.25) is 0 Å². The second-order valence-electron chi connectivity index (χ2n) is 7.19. The van der Waals surface area contributed by atoms with Crippen molar-refractivity contribution in [1.29, 1.82) is 0 Å². The number of hydrogen-bond donors (Lipinski definition) is 0. The Labute approximate surface area is 135 Å². The smallest absolute Gasteiger partial charge is 0.119 e. The molecule has 1 aromatic carbocycles. The first-order valence-electron chi connectivity index (χ1n) is 8.82. The quantitative estimate of drug-likeness (QED) is 0.675. The molecule has 1 fully saturated rings. The maximum atomic E-state index is 6.00. The van der Waals surface area contributed by atoms with E-state index < -0.39 is 0 Å². The van der Waals surface area contributed by atoms with Crippen LogP contribution in [0, 0.1) is 17.8 Å². The highest BCUT2D eigenvalue weighted by Gasteiger charge is 2.18. The molecule has 1 unspecified atom stereocenters. The van der Waals surface area contributed by atoms with E-state index in [0.717, 1.165) is 30.6 Å². The van der Waals surface area contributed by atoms with Gasteiger partial charge in [0.2, 0.25) is 0 Å². The second kappa shape index (κ2) is 7.17. The van der Waals surface area contributed by atoms with Crippen molar-refractivity contribution >= 4 is 5.57 Å². The lowest BCUT2D eigenvalue weighted by Gasteiger charge is -2.26. The number of hydrogen-bond acceptors (Lipinski definition) is 1. The average molecular weight is 296 g/mol. The molecule has 0 radical (unpaired) electrons. The third-order valence-electron chi connectivity index (χ3n) is 5.12. The van der Waals surface area contributed by atoms with Gasteiger partial charge in [0.05, 0.1) is 6.61 Å². The topological polar surface area (TPSA) is 9.23 Å². The van der Waals surface area contributed by atoms with Crippen LogP contribution in [-0.4, -0.2) is 6.61 Å². The molecule has 0 saturated heterocycles. The fourth-order valence-corrected chi connectivity index (χ4v) is 3.39. The van der Waals surface area contributed by atoms with Crippen molar-refractivity contribution in [2.24, 2.45) is 17.8 Å². The Morgan fingerprint density at radius 3 is 2.36 bits per heavy atom. The molecule has 0 heterocycles. The van der Waals surface area contributed by atoms with Crippen LogP contribution in [0.3, 0.4) is 0 Å². The normalized spacial score (nSPS) is 28.3. The first kappa shape index (κ1) is 15.4. The molecule has 0 bridgehead atoms. The van der Waals surface area contributed by atoms with Gasteiger partial charge in [0.15, 0.2) is 0 Å². The van der Waals surface area contributed by atoms with Crippen LogP contribution in [0.4, 0.5) is 0 Å². The molecule has 0 aromatic heterocycles. The Bertz CT molecular complexity index is 530. The first-order valence-corrected chi connectivity index (χ1v) is 8.82. The van der Waals surface area contributed by atoms with E-state index in [1.807, 2.05) is 0 Å². The van der Waals surface area contributed by atoms with Gasteiger partial charge in [-0.2, -0.15) is 0 Å². The highest BCUT2D eigenvalue weighted by molar-refractivity contribution is 5.75. The predicted octanol–water partition coefficient (Wildman–Crippen LogP) is 5.87. The van der Waals surface area contributed by atoms with Crippen molar-refractivity contribution in [2.45, 2.75) is 46.0 Å². The third kappa shape index (κ3) is 4.03. The fourth-order valence-electron chi connectivity index (χ4n) is 3.39. The summed E-state index contributed by atoms with van der Waals surface area (Å²) in [4.78, 5) is 0. The Kier molecular flexibility index (Phi) is 5.02. The van der Waals surface area contributed by atoms with E-state index in [4.69, 9.17) is 4.74 Å². The van der Waals surface area contributed by atoms with Crippen molar-refractivity contribution in [3.8, 4) is 5.75 Å². The van der Waals surface area contributed by atoms with E-state index in [9.17, 15) is 0 Å². The van der Waals surface area contributed by atoms with E-state index in [-0.39, 0.29) is 0 Å². The summed E-state index contributed by atoms with van der Waals surface area (Å²) in [5.41, 5.74) is 2.63. The van der Waals surface area contributed by atoms with E-state index in [2.05, 4.69) is 56.3 Å². The molecule has 3 rings (SSSR count). The van der Waals surface area contributed by atoms with Gasteiger partial charge >= 0.3 is 0 Å². The van der Waals surface area contributed by atoms with E-state index >= 15 is 0 Å². The molecule has 1 heteroatoms. The van der Waals surface area contributed by atoms with Crippen LogP contribution in [0.15, 0.2) is 42.5 Å². The van der Waals surface area contributed by atoms with Gasteiger partial charge in [-0.1, -0.05) is 57.0 Å². The van der Waals surface area contributed by atoms with Crippen molar-refractivity contribution in [3.05, 3.63) is 48.1 Å². The number of allylic oxidation sites excluding steroid dienone is 4. The van der Waals surface area contributed by atoms with E-state index in [1.165, 1.54) is 36.8 Å². The van der Waals surface area contributed by atoms with Crippen LogP contribution in [0.1, 0.15) is 51.5 Å². The van der Waals surface area contributed by atoms with Gasteiger partial charge in [-0.05, 0) is 60.3 Å². The largest absolute Gasteiger partial charge is 0.493 e. The second-order valence-corrected chi connectivity index (χ2v) is 7.19. The Morgan fingerprint density at radius 2 is 1.73 bits per heavy atom. The molecule has 1 saturated carbocycles. The van der Waals surface area contributed by atoms with Gasteiger partial charge in [0.25, 0.3) is 0 Å². The molecule has 2 aliphatic carbocycles. The highest BCUT2D eigenvalue weighted by atomic mass is 16.5. The zero-order valence-electron chi connectivity index (χ0n) is 13.9.